The number of esters is 1. The maximum atomic E-state index is 11.7. The van der Waals surface area contributed by atoms with Gasteiger partial charge in [-0.25, -0.2) is 0 Å². The molecule has 0 saturated carbocycles. The molecule has 5 nitrogen and oxygen atoms in total. The number of hydrogen-bond donors (Lipinski definition) is 0. The maximum Gasteiger partial charge on any atom is 0.307 e. The molecule has 0 aromatic rings. The van der Waals surface area contributed by atoms with Crippen molar-refractivity contribution in [1.29, 1.82) is 0 Å². The molecule has 1 saturated heterocycles. The van der Waals surface area contributed by atoms with E-state index in [4.69, 9.17) is 14.1 Å². The topological polar surface area (TPSA) is 48.0 Å². The molecule has 6 heteroatoms. The Morgan fingerprint density at radius 1 is 1.36 bits per heavy atom. The van der Waals surface area contributed by atoms with Crippen LogP contribution >= 0.6 is 0 Å². The number of nitrogens with zero attached hydrogens (tertiary/aromatic N) is 1. The highest BCUT2D eigenvalue weighted by atomic mass is 28.4. The minimum atomic E-state index is -2.04. The van der Waals surface area contributed by atoms with E-state index in [0.29, 0.717) is 0 Å². The highest BCUT2D eigenvalue weighted by molar-refractivity contribution is 6.74. The van der Waals surface area contributed by atoms with Gasteiger partial charge in [-0.05, 0) is 44.3 Å². The van der Waals surface area contributed by atoms with Crippen molar-refractivity contribution in [2.45, 2.75) is 84.2 Å². The van der Waals surface area contributed by atoms with Gasteiger partial charge in [-0.3, -0.25) is 9.63 Å². The van der Waals surface area contributed by atoms with Gasteiger partial charge in [0.05, 0.1) is 25.2 Å². The molecule has 0 unspecified atom stereocenters. The third-order valence-corrected chi connectivity index (χ3v) is 9.05. The summed E-state index contributed by atoms with van der Waals surface area (Å²) in [5, 5.41) is 1.68. The molecule has 0 spiro atoms. The number of rotatable bonds is 4. The zero-order chi connectivity index (χ0) is 17.3. The molecule has 0 N–H and O–H groups in total. The fraction of sp³-hybridized carbons (Fsp3) is 0.938. The van der Waals surface area contributed by atoms with E-state index >= 15 is 0 Å². The van der Waals surface area contributed by atoms with Crippen LogP contribution < -0.4 is 0 Å². The van der Waals surface area contributed by atoms with Gasteiger partial charge in [0.2, 0.25) is 8.32 Å². The van der Waals surface area contributed by atoms with Crippen molar-refractivity contribution in [3.05, 3.63) is 0 Å². The molecular formula is C16H33NO4Si. The van der Waals surface area contributed by atoms with Gasteiger partial charge in [-0.2, -0.15) is 0 Å². The second-order valence-corrected chi connectivity index (χ2v) is 13.2. The summed E-state index contributed by atoms with van der Waals surface area (Å²) in [6, 6.07) is -0.116. The number of methoxy groups -OCH3 is 1. The van der Waals surface area contributed by atoms with Crippen molar-refractivity contribution in [3.8, 4) is 0 Å². The van der Waals surface area contributed by atoms with Gasteiger partial charge in [-0.1, -0.05) is 32.9 Å². The summed E-state index contributed by atoms with van der Waals surface area (Å²) in [5.74, 6) is 0.0524. The Bertz CT molecular complexity index is 403. The quantitative estimate of drug-likeness (QED) is 0.577. The Balaban J connectivity index is 2.99. The largest absolute Gasteiger partial charge is 0.469 e. The highest BCUT2D eigenvalue weighted by Gasteiger charge is 2.47. The maximum absolute atomic E-state index is 11.7. The molecule has 0 aliphatic carbocycles. The smallest absolute Gasteiger partial charge is 0.307 e. The molecule has 2 atom stereocenters. The van der Waals surface area contributed by atoms with Gasteiger partial charge in [0.25, 0.3) is 0 Å². The van der Waals surface area contributed by atoms with Crippen molar-refractivity contribution >= 4 is 14.3 Å². The third-order valence-electron chi connectivity index (χ3n) is 4.81. The molecule has 22 heavy (non-hydrogen) atoms. The summed E-state index contributed by atoms with van der Waals surface area (Å²) in [6.45, 7) is 17.2. The molecule has 0 bridgehead atoms. The van der Waals surface area contributed by atoms with Crippen LogP contribution in [-0.4, -0.2) is 38.3 Å². The van der Waals surface area contributed by atoms with Crippen LogP contribution in [0.4, 0.5) is 0 Å². The van der Waals surface area contributed by atoms with Gasteiger partial charge in [0.15, 0.2) is 0 Å². The van der Waals surface area contributed by atoms with E-state index in [-0.39, 0.29) is 35.0 Å². The molecule has 1 rings (SSSR count). The van der Waals surface area contributed by atoms with Crippen molar-refractivity contribution < 1.29 is 18.9 Å². The predicted molar refractivity (Wildman–Crippen MR) is 89.5 cm³/mol. The summed E-state index contributed by atoms with van der Waals surface area (Å²) >= 11 is 0. The second-order valence-electron chi connectivity index (χ2n) is 8.52. The first-order chi connectivity index (χ1) is 9.79. The van der Waals surface area contributed by atoms with E-state index < -0.39 is 8.32 Å². The second kappa shape index (κ2) is 6.59. The molecule has 1 aliphatic rings. The van der Waals surface area contributed by atoms with Crippen LogP contribution in [0, 0.1) is 5.92 Å². The predicted octanol–water partition coefficient (Wildman–Crippen LogP) is 3.91. The van der Waals surface area contributed by atoms with Crippen LogP contribution in [0.2, 0.25) is 18.1 Å². The molecule has 0 radical (unpaired) electrons. The minimum absolute atomic E-state index is 0.0665. The van der Waals surface area contributed by atoms with Crippen LogP contribution in [-0.2, 0) is 18.9 Å². The van der Waals surface area contributed by atoms with Crippen molar-refractivity contribution in [2.75, 3.05) is 7.11 Å². The molecule has 0 aromatic carbocycles. The summed E-state index contributed by atoms with van der Waals surface area (Å²) < 4.78 is 11.2. The standard InChI is InChI=1S/C16H33NO4Si/c1-12-11-16(5,6)20-17(13(12)10-14(18)19-7)21-22(8,9)15(2,3)4/h12-13H,10-11H2,1-9H3/t12-,13-/m1/s1. The molecular weight excluding hydrogens is 298 g/mol. The van der Waals surface area contributed by atoms with E-state index in [1.54, 1.807) is 5.23 Å². The van der Waals surface area contributed by atoms with Crippen molar-refractivity contribution in [3.63, 3.8) is 0 Å². The monoisotopic (exact) mass is 331 g/mol. The summed E-state index contributed by atoms with van der Waals surface area (Å²) in [4.78, 5) is 17.8. The van der Waals surface area contributed by atoms with Crippen LogP contribution in [0.1, 0.15) is 54.4 Å². The van der Waals surface area contributed by atoms with Crippen LogP contribution in [0.15, 0.2) is 0 Å². The van der Waals surface area contributed by atoms with Crippen LogP contribution in [0.5, 0.6) is 0 Å². The Hall–Kier alpha value is -0.433. The molecule has 1 fully saturated rings. The van der Waals surface area contributed by atoms with Gasteiger partial charge >= 0.3 is 5.97 Å². The number of carbonyl (C=O) groups is 1. The fourth-order valence-electron chi connectivity index (χ4n) is 2.45. The zero-order valence-electron chi connectivity index (χ0n) is 15.6. The molecule has 0 aromatic heterocycles. The lowest BCUT2D eigenvalue weighted by molar-refractivity contribution is -0.415. The molecule has 1 heterocycles. The normalized spacial score (nSPS) is 26.8. The number of hydrogen-bond acceptors (Lipinski definition) is 5. The lowest BCUT2D eigenvalue weighted by Crippen LogP contribution is -2.57. The van der Waals surface area contributed by atoms with E-state index in [9.17, 15) is 4.79 Å². The average Bonchev–Trinajstić information content (AvgIpc) is 2.30. The van der Waals surface area contributed by atoms with Gasteiger partial charge in [0.1, 0.15) is 0 Å². The highest BCUT2D eigenvalue weighted by Crippen LogP contribution is 2.41. The lowest BCUT2D eigenvalue weighted by atomic mass is 9.86. The lowest BCUT2D eigenvalue weighted by Gasteiger charge is -2.49. The fourth-order valence-corrected chi connectivity index (χ4v) is 3.34. The number of hydroxylamine groups is 2. The van der Waals surface area contributed by atoms with E-state index in [2.05, 4.69) is 54.6 Å². The Morgan fingerprint density at radius 2 is 1.91 bits per heavy atom. The number of carbonyl (C=O) groups excluding carboxylic acids is 1. The van der Waals surface area contributed by atoms with Crippen molar-refractivity contribution in [2.24, 2.45) is 5.92 Å². The average molecular weight is 332 g/mol. The zero-order valence-corrected chi connectivity index (χ0v) is 16.6. The summed E-state index contributed by atoms with van der Waals surface area (Å²) in [7, 11) is -0.622. The Labute approximate surface area is 136 Å². The third kappa shape index (κ3) is 4.78. The molecule has 1 aliphatic heterocycles. The molecule has 130 valence electrons. The van der Waals surface area contributed by atoms with Gasteiger partial charge in [0, 0.05) is 0 Å². The van der Waals surface area contributed by atoms with Gasteiger partial charge in [-0.15, -0.1) is 0 Å². The molecule has 0 amide bonds. The Kier molecular flexibility index (Phi) is 5.88. The summed E-state index contributed by atoms with van der Waals surface area (Å²) in [5.41, 5.74) is -0.297. The van der Waals surface area contributed by atoms with Gasteiger partial charge < -0.3 is 9.26 Å². The summed E-state index contributed by atoms with van der Waals surface area (Å²) in [6.07, 6.45) is 1.16. The first-order valence-corrected chi connectivity index (χ1v) is 10.9. The van der Waals surface area contributed by atoms with Crippen molar-refractivity contribution in [1.82, 2.24) is 5.23 Å². The van der Waals surface area contributed by atoms with E-state index in [1.165, 1.54) is 7.11 Å². The van der Waals surface area contributed by atoms with Crippen LogP contribution in [0.3, 0.4) is 0 Å². The van der Waals surface area contributed by atoms with E-state index in [1.807, 2.05) is 0 Å². The van der Waals surface area contributed by atoms with E-state index in [0.717, 1.165) is 6.42 Å². The van der Waals surface area contributed by atoms with Crippen LogP contribution in [0.25, 0.3) is 0 Å². The minimum Gasteiger partial charge on any atom is -0.469 e. The Morgan fingerprint density at radius 3 is 2.36 bits per heavy atom. The first-order valence-electron chi connectivity index (χ1n) is 8.03. The number of ether oxygens (including phenoxy) is 1. The SMILES string of the molecule is COC(=O)C[C@@H]1[C@H](C)CC(C)(C)ON1O[Si](C)(C)C(C)(C)C. The first kappa shape index (κ1) is 19.6.